The number of hydrogen-bond donors (Lipinski definition) is 2. The lowest BCUT2D eigenvalue weighted by molar-refractivity contribution is 0.533. The molecule has 2 heteroatoms. The van der Waals surface area contributed by atoms with Gasteiger partial charge in [0.15, 0.2) is 0 Å². The minimum absolute atomic E-state index is 0.897. The average Bonchev–Trinajstić information content (AvgIpc) is 2.80. The van der Waals surface area contributed by atoms with Gasteiger partial charge in [-0.05, 0) is 56.0 Å². The van der Waals surface area contributed by atoms with E-state index < -0.39 is 0 Å². The highest BCUT2D eigenvalue weighted by Crippen LogP contribution is 2.17. The molecule has 1 atom stereocenters. The van der Waals surface area contributed by atoms with E-state index in [-0.39, 0.29) is 0 Å². The lowest BCUT2D eigenvalue weighted by Crippen LogP contribution is -2.09. The molecular formula is C13H20N2. The fourth-order valence-electron chi connectivity index (χ4n) is 2.17. The summed E-state index contributed by atoms with van der Waals surface area (Å²) in [6.07, 6.45) is 3.90. The molecule has 1 unspecified atom stereocenters. The first-order valence-corrected chi connectivity index (χ1v) is 5.86. The third kappa shape index (κ3) is 2.96. The molecule has 0 radical (unpaired) electrons. The molecule has 0 bridgehead atoms. The quantitative estimate of drug-likeness (QED) is 0.786. The van der Waals surface area contributed by atoms with Crippen molar-refractivity contribution in [3.8, 4) is 0 Å². The molecule has 82 valence electrons. The second kappa shape index (κ2) is 5.17. The summed E-state index contributed by atoms with van der Waals surface area (Å²) in [6.45, 7) is 2.43. The molecule has 0 aliphatic carbocycles. The summed E-state index contributed by atoms with van der Waals surface area (Å²) in [4.78, 5) is 0. The minimum atomic E-state index is 0.897. The van der Waals surface area contributed by atoms with Crippen LogP contribution in [0.1, 0.15) is 18.4 Å². The van der Waals surface area contributed by atoms with Crippen molar-refractivity contribution < 1.29 is 0 Å². The molecule has 1 aliphatic rings. The van der Waals surface area contributed by atoms with Crippen LogP contribution in [0, 0.1) is 5.92 Å². The van der Waals surface area contributed by atoms with Gasteiger partial charge in [-0.25, -0.2) is 0 Å². The molecule has 2 nitrogen and oxygen atoms in total. The Labute approximate surface area is 92.1 Å². The van der Waals surface area contributed by atoms with Gasteiger partial charge in [-0.3, -0.25) is 0 Å². The van der Waals surface area contributed by atoms with Crippen LogP contribution in [-0.4, -0.2) is 20.1 Å². The molecule has 0 saturated carbocycles. The van der Waals surface area contributed by atoms with E-state index in [1.54, 1.807) is 0 Å². The van der Waals surface area contributed by atoms with Gasteiger partial charge >= 0.3 is 0 Å². The summed E-state index contributed by atoms with van der Waals surface area (Å²) in [5, 5.41) is 6.56. The molecule has 1 aromatic carbocycles. The van der Waals surface area contributed by atoms with Gasteiger partial charge < -0.3 is 10.6 Å². The van der Waals surface area contributed by atoms with Crippen LogP contribution in [0.15, 0.2) is 24.3 Å². The van der Waals surface area contributed by atoms with Crippen LogP contribution < -0.4 is 10.6 Å². The first-order chi connectivity index (χ1) is 7.38. The first kappa shape index (κ1) is 10.5. The summed E-state index contributed by atoms with van der Waals surface area (Å²) in [7, 11) is 1.96. The number of rotatable bonds is 4. The van der Waals surface area contributed by atoms with Gasteiger partial charge in [0, 0.05) is 12.7 Å². The summed E-state index contributed by atoms with van der Waals surface area (Å²) in [5.41, 5.74) is 2.65. The van der Waals surface area contributed by atoms with Gasteiger partial charge in [-0.1, -0.05) is 12.1 Å². The molecule has 1 heterocycles. The zero-order valence-corrected chi connectivity index (χ0v) is 9.42. The van der Waals surface area contributed by atoms with Gasteiger partial charge in [0.1, 0.15) is 0 Å². The number of nitrogens with one attached hydrogen (secondary N) is 2. The van der Waals surface area contributed by atoms with Crippen molar-refractivity contribution >= 4 is 5.69 Å². The summed E-state index contributed by atoms with van der Waals surface area (Å²) >= 11 is 0. The zero-order valence-electron chi connectivity index (χ0n) is 9.42. The maximum atomic E-state index is 3.42. The maximum Gasteiger partial charge on any atom is 0.0337 e. The summed E-state index contributed by atoms with van der Waals surface area (Å²) in [5.74, 6) is 0.897. The van der Waals surface area contributed by atoms with Crippen molar-refractivity contribution in [1.29, 1.82) is 0 Å². The van der Waals surface area contributed by atoms with Crippen molar-refractivity contribution in [3.63, 3.8) is 0 Å². The number of anilines is 1. The summed E-state index contributed by atoms with van der Waals surface area (Å²) in [6, 6.07) is 8.77. The minimum Gasteiger partial charge on any atom is -0.388 e. The fourth-order valence-corrected chi connectivity index (χ4v) is 2.17. The molecule has 1 saturated heterocycles. The standard InChI is InChI=1S/C13H20N2/c1-14-13-6-4-11(5-7-13)2-3-12-8-9-15-10-12/h4-7,12,14-15H,2-3,8-10H2,1H3. The highest BCUT2D eigenvalue weighted by atomic mass is 14.9. The average molecular weight is 204 g/mol. The van der Waals surface area contributed by atoms with Gasteiger partial charge in [-0.15, -0.1) is 0 Å². The zero-order chi connectivity index (χ0) is 10.5. The van der Waals surface area contributed by atoms with Gasteiger partial charge in [0.05, 0.1) is 0 Å². The largest absolute Gasteiger partial charge is 0.388 e. The van der Waals surface area contributed by atoms with Crippen LogP contribution in [-0.2, 0) is 6.42 Å². The molecule has 1 aliphatic heterocycles. The van der Waals surface area contributed by atoms with Crippen LogP contribution in [0.2, 0.25) is 0 Å². The Morgan fingerprint density at radius 2 is 2.13 bits per heavy atom. The molecule has 1 aromatic rings. The van der Waals surface area contributed by atoms with Crippen LogP contribution in [0.25, 0.3) is 0 Å². The predicted octanol–water partition coefficient (Wildman–Crippen LogP) is 2.27. The maximum absolute atomic E-state index is 3.42. The third-order valence-electron chi connectivity index (χ3n) is 3.25. The molecule has 2 N–H and O–H groups in total. The summed E-state index contributed by atoms with van der Waals surface area (Å²) < 4.78 is 0. The lowest BCUT2D eigenvalue weighted by Gasteiger charge is -2.08. The van der Waals surface area contributed by atoms with Crippen molar-refractivity contribution in [1.82, 2.24) is 5.32 Å². The topological polar surface area (TPSA) is 24.1 Å². The number of hydrogen-bond acceptors (Lipinski definition) is 2. The predicted molar refractivity (Wildman–Crippen MR) is 65.3 cm³/mol. The molecule has 0 spiro atoms. The number of benzene rings is 1. The second-order valence-corrected chi connectivity index (χ2v) is 4.34. The Kier molecular flexibility index (Phi) is 3.62. The monoisotopic (exact) mass is 204 g/mol. The fraction of sp³-hybridized carbons (Fsp3) is 0.538. The van der Waals surface area contributed by atoms with Crippen LogP contribution in [0.3, 0.4) is 0 Å². The molecule has 2 rings (SSSR count). The van der Waals surface area contributed by atoms with Crippen molar-refractivity contribution in [2.24, 2.45) is 5.92 Å². The van der Waals surface area contributed by atoms with Crippen LogP contribution in [0.4, 0.5) is 5.69 Å². The molecule has 1 fully saturated rings. The molecule has 0 aromatic heterocycles. The van der Waals surface area contributed by atoms with Crippen molar-refractivity contribution in [2.75, 3.05) is 25.5 Å². The Bertz CT molecular complexity index is 286. The Balaban J connectivity index is 1.82. The van der Waals surface area contributed by atoms with Gasteiger partial charge in [-0.2, -0.15) is 0 Å². The number of aryl methyl sites for hydroxylation is 1. The second-order valence-electron chi connectivity index (χ2n) is 4.34. The van der Waals surface area contributed by atoms with Crippen molar-refractivity contribution in [3.05, 3.63) is 29.8 Å². The third-order valence-corrected chi connectivity index (χ3v) is 3.25. The van der Waals surface area contributed by atoms with E-state index >= 15 is 0 Å². The van der Waals surface area contributed by atoms with E-state index in [1.165, 1.54) is 43.6 Å². The van der Waals surface area contributed by atoms with E-state index in [0.717, 1.165) is 5.92 Å². The van der Waals surface area contributed by atoms with Gasteiger partial charge in [0.25, 0.3) is 0 Å². The van der Waals surface area contributed by atoms with Crippen LogP contribution >= 0.6 is 0 Å². The molecule has 0 amide bonds. The lowest BCUT2D eigenvalue weighted by atomic mass is 9.99. The van der Waals surface area contributed by atoms with E-state index in [1.807, 2.05) is 7.05 Å². The van der Waals surface area contributed by atoms with E-state index in [0.29, 0.717) is 0 Å². The van der Waals surface area contributed by atoms with Crippen LogP contribution in [0.5, 0.6) is 0 Å². The SMILES string of the molecule is CNc1ccc(CCC2CCNC2)cc1. The Morgan fingerprint density at radius 3 is 2.73 bits per heavy atom. The van der Waals surface area contributed by atoms with E-state index in [4.69, 9.17) is 0 Å². The van der Waals surface area contributed by atoms with E-state index in [2.05, 4.69) is 34.9 Å². The molecular weight excluding hydrogens is 184 g/mol. The Morgan fingerprint density at radius 1 is 1.33 bits per heavy atom. The highest BCUT2D eigenvalue weighted by molar-refractivity contribution is 5.43. The van der Waals surface area contributed by atoms with Gasteiger partial charge in [0.2, 0.25) is 0 Å². The smallest absolute Gasteiger partial charge is 0.0337 e. The normalized spacial score (nSPS) is 20.5. The van der Waals surface area contributed by atoms with E-state index in [9.17, 15) is 0 Å². The van der Waals surface area contributed by atoms with Crippen molar-refractivity contribution in [2.45, 2.75) is 19.3 Å². The first-order valence-electron chi connectivity index (χ1n) is 5.86. The molecule has 15 heavy (non-hydrogen) atoms. The Hall–Kier alpha value is -1.02. The highest BCUT2D eigenvalue weighted by Gasteiger charge is 2.13.